The second-order valence-electron chi connectivity index (χ2n) is 4.62. The Morgan fingerprint density at radius 1 is 0.565 bits per heavy atom. The van der Waals surface area contributed by atoms with Gasteiger partial charge in [0.2, 0.25) is 0 Å². The number of hydrogen-bond acceptors (Lipinski definition) is 1. The third kappa shape index (κ3) is 4.15. The van der Waals surface area contributed by atoms with Crippen LogP contribution in [-0.4, -0.2) is 0 Å². The third-order valence-corrected chi connectivity index (χ3v) is 6.65. The van der Waals surface area contributed by atoms with Crippen LogP contribution in [-0.2, 0) is 0 Å². The van der Waals surface area contributed by atoms with Crippen molar-refractivity contribution in [3.8, 4) is 23.7 Å². The zero-order valence-electron chi connectivity index (χ0n) is 11.9. The first kappa shape index (κ1) is 16.1. The van der Waals surface area contributed by atoms with Crippen LogP contribution in [0.4, 0.5) is 0 Å². The summed E-state index contributed by atoms with van der Waals surface area (Å²) in [7, 11) is 0. The summed E-state index contributed by atoms with van der Waals surface area (Å²) in [5, 5.41) is 0. The zero-order chi connectivity index (χ0) is 16.1. The van der Waals surface area contributed by atoms with Crippen LogP contribution in [0.3, 0.4) is 0 Å². The molecule has 0 nitrogen and oxygen atoms in total. The highest BCUT2D eigenvalue weighted by Gasteiger charge is 2.11. The standard InChI is InChI=1S/C20H10Br2S/c21-19-17(13-11-15-7-3-1-4-8-15)23-18(20(19)22)14-12-16-9-5-2-6-10-16/h1-10H. The summed E-state index contributed by atoms with van der Waals surface area (Å²) in [6.45, 7) is 0. The predicted molar refractivity (Wildman–Crippen MR) is 105 cm³/mol. The van der Waals surface area contributed by atoms with Gasteiger partial charge in [0.25, 0.3) is 0 Å². The van der Waals surface area contributed by atoms with E-state index in [4.69, 9.17) is 0 Å². The van der Waals surface area contributed by atoms with Gasteiger partial charge in [-0.05, 0) is 68.0 Å². The van der Waals surface area contributed by atoms with Gasteiger partial charge in [0.1, 0.15) is 0 Å². The SMILES string of the molecule is Brc1c(C#Cc2ccccc2)sc(C#Cc2ccccc2)c1Br. The van der Waals surface area contributed by atoms with E-state index in [1.54, 1.807) is 11.3 Å². The van der Waals surface area contributed by atoms with Crippen LogP contribution in [0.1, 0.15) is 20.9 Å². The smallest absolute Gasteiger partial charge is 0.0939 e. The maximum absolute atomic E-state index is 3.59. The predicted octanol–water partition coefficient (Wildman–Crippen LogP) is 6.07. The van der Waals surface area contributed by atoms with Gasteiger partial charge in [0.15, 0.2) is 0 Å². The highest BCUT2D eigenvalue weighted by molar-refractivity contribution is 9.13. The average Bonchev–Trinajstić information content (AvgIpc) is 2.88. The Morgan fingerprint density at radius 2 is 0.957 bits per heavy atom. The summed E-state index contributed by atoms with van der Waals surface area (Å²) in [4.78, 5) is 1.94. The molecule has 0 saturated carbocycles. The van der Waals surface area contributed by atoms with Crippen LogP contribution in [0.15, 0.2) is 69.6 Å². The van der Waals surface area contributed by atoms with Crippen molar-refractivity contribution in [2.24, 2.45) is 0 Å². The van der Waals surface area contributed by atoms with E-state index in [0.717, 1.165) is 29.8 Å². The zero-order valence-corrected chi connectivity index (χ0v) is 15.9. The molecule has 0 aliphatic heterocycles. The van der Waals surface area contributed by atoms with Crippen LogP contribution in [0.25, 0.3) is 0 Å². The van der Waals surface area contributed by atoms with Crippen LogP contribution < -0.4 is 0 Å². The minimum absolute atomic E-state index is 0.961. The van der Waals surface area contributed by atoms with E-state index in [0.29, 0.717) is 0 Å². The molecule has 3 rings (SSSR count). The molecule has 0 amide bonds. The lowest BCUT2D eigenvalue weighted by Crippen LogP contribution is -1.72. The molecule has 0 spiro atoms. The van der Waals surface area contributed by atoms with E-state index >= 15 is 0 Å². The molecule has 0 saturated heterocycles. The van der Waals surface area contributed by atoms with E-state index in [-0.39, 0.29) is 0 Å². The molecule has 23 heavy (non-hydrogen) atoms. The molecule has 0 radical (unpaired) electrons. The molecule has 2 aromatic carbocycles. The largest absolute Gasteiger partial charge is 0.116 e. The first-order valence-corrected chi connectivity index (χ1v) is 9.26. The molecule has 0 atom stereocenters. The molecule has 110 valence electrons. The van der Waals surface area contributed by atoms with Crippen molar-refractivity contribution < 1.29 is 0 Å². The molecule has 3 aromatic rings. The molecule has 1 aromatic heterocycles. The van der Waals surface area contributed by atoms with Crippen molar-refractivity contribution in [2.75, 3.05) is 0 Å². The molecule has 0 N–H and O–H groups in total. The van der Waals surface area contributed by atoms with Gasteiger partial charge in [-0.2, -0.15) is 0 Å². The quantitative estimate of drug-likeness (QED) is 0.371. The highest BCUT2D eigenvalue weighted by atomic mass is 79.9. The van der Waals surface area contributed by atoms with Crippen LogP contribution in [0, 0.1) is 23.7 Å². The molecular weight excluding hydrogens is 432 g/mol. The Balaban J connectivity index is 1.91. The number of halogens is 2. The van der Waals surface area contributed by atoms with Gasteiger partial charge in [0.05, 0.1) is 18.7 Å². The fraction of sp³-hybridized carbons (Fsp3) is 0. The minimum atomic E-state index is 0.961. The Morgan fingerprint density at radius 3 is 1.35 bits per heavy atom. The minimum Gasteiger partial charge on any atom is -0.116 e. The summed E-state index contributed by atoms with van der Waals surface area (Å²) < 4.78 is 1.92. The topological polar surface area (TPSA) is 0 Å². The maximum Gasteiger partial charge on any atom is 0.0939 e. The molecule has 0 aliphatic rings. The van der Waals surface area contributed by atoms with Gasteiger partial charge in [-0.15, -0.1) is 11.3 Å². The second-order valence-corrected chi connectivity index (χ2v) is 7.23. The van der Waals surface area contributed by atoms with Gasteiger partial charge in [-0.3, -0.25) is 0 Å². The number of hydrogen-bond donors (Lipinski definition) is 0. The summed E-state index contributed by atoms with van der Waals surface area (Å²) >= 11 is 8.77. The number of rotatable bonds is 0. The average molecular weight is 442 g/mol. The van der Waals surface area contributed by atoms with E-state index in [9.17, 15) is 0 Å². The Hall–Kier alpha value is -1.78. The lowest BCUT2D eigenvalue weighted by molar-refractivity contribution is 1.64. The van der Waals surface area contributed by atoms with Crippen molar-refractivity contribution in [1.29, 1.82) is 0 Å². The van der Waals surface area contributed by atoms with E-state index < -0.39 is 0 Å². The van der Waals surface area contributed by atoms with Gasteiger partial charge in [-0.1, -0.05) is 48.2 Å². The summed E-state index contributed by atoms with van der Waals surface area (Å²) in [5.74, 6) is 12.8. The molecule has 0 aliphatic carbocycles. The van der Waals surface area contributed by atoms with Gasteiger partial charge < -0.3 is 0 Å². The van der Waals surface area contributed by atoms with Crippen molar-refractivity contribution >= 4 is 43.2 Å². The van der Waals surface area contributed by atoms with Crippen molar-refractivity contribution in [1.82, 2.24) is 0 Å². The Bertz CT molecular complexity index is 856. The normalized spacial score (nSPS) is 9.48. The number of benzene rings is 2. The lowest BCUT2D eigenvalue weighted by Gasteiger charge is -1.88. The molecule has 3 heteroatoms. The van der Waals surface area contributed by atoms with E-state index in [1.807, 2.05) is 60.7 Å². The fourth-order valence-corrected chi connectivity index (χ4v) is 3.99. The third-order valence-electron chi connectivity index (χ3n) is 2.98. The van der Waals surface area contributed by atoms with Crippen LogP contribution in [0.2, 0.25) is 0 Å². The van der Waals surface area contributed by atoms with E-state index in [1.165, 1.54) is 0 Å². The number of thiophene rings is 1. The van der Waals surface area contributed by atoms with Crippen LogP contribution >= 0.6 is 43.2 Å². The highest BCUT2D eigenvalue weighted by Crippen LogP contribution is 2.36. The first-order valence-electron chi connectivity index (χ1n) is 6.86. The lowest BCUT2D eigenvalue weighted by atomic mass is 10.2. The van der Waals surface area contributed by atoms with Gasteiger partial charge >= 0.3 is 0 Å². The first-order chi connectivity index (χ1) is 11.2. The fourth-order valence-electron chi connectivity index (χ4n) is 1.85. The Labute approximate surface area is 156 Å². The van der Waals surface area contributed by atoms with Crippen molar-refractivity contribution in [2.45, 2.75) is 0 Å². The second kappa shape index (κ2) is 7.66. The Kier molecular flexibility index (Phi) is 5.36. The maximum atomic E-state index is 3.59. The molecule has 0 bridgehead atoms. The summed E-state index contributed by atoms with van der Waals surface area (Å²) in [6, 6.07) is 19.9. The van der Waals surface area contributed by atoms with Crippen LogP contribution in [0.5, 0.6) is 0 Å². The summed E-state index contributed by atoms with van der Waals surface area (Å²) in [5.41, 5.74) is 2.00. The summed E-state index contributed by atoms with van der Waals surface area (Å²) in [6.07, 6.45) is 0. The van der Waals surface area contributed by atoms with Gasteiger partial charge in [-0.25, -0.2) is 0 Å². The van der Waals surface area contributed by atoms with Crippen molar-refractivity contribution in [3.63, 3.8) is 0 Å². The molecular formula is C20H10Br2S. The monoisotopic (exact) mass is 440 g/mol. The van der Waals surface area contributed by atoms with Crippen molar-refractivity contribution in [3.05, 3.63) is 90.5 Å². The van der Waals surface area contributed by atoms with Gasteiger partial charge in [0, 0.05) is 11.1 Å². The van der Waals surface area contributed by atoms with E-state index in [2.05, 4.69) is 55.5 Å². The molecule has 0 fully saturated rings. The molecule has 0 unspecified atom stereocenters. The molecule has 1 heterocycles.